The van der Waals surface area contributed by atoms with E-state index in [1.807, 2.05) is 0 Å². The lowest BCUT2D eigenvalue weighted by atomic mass is 10.0. The van der Waals surface area contributed by atoms with Gasteiger partial charge in [-0.3, -0.25) is 0 Å². The summed E-state index contributed by atoms with van der Waals surface area (Å²) in [7, 11) is 0. The minimum absolute atomic E-state index is 0.677. The Labute approximate surface area is 57.9 Å². The molecule has 0 atom stereocenters. The molecule has 0 rings (SSSR count). The van der Waals surface area contributed by atoms with Crippen LogP contribution in [0.1, 0.15) is 27.2 Å². The van der Waals surface area contributed by atoms with Crippen molar-refractivity contribution < 1.29 is 0 Å². The van der Waals surface area contributed by atoms with E-state index < -0.39 is 0 Å². The second-order valence-electron chi connectivity index (χ2n) is 2.68. The molecule has 0 saturated heterocycles. The molecule has 0 spiro atoms. The van der Waals surface area contributed by atoms with Gasteiger partial charge in [-0.25, -0.2) is 0 Å². The summed E-state index contributed by atoms with van der Waals surface area (Å²) >= 11 is 0. The maximum absolute atomic E-state index is 5.33. The Hall–Kier alpha value is -0.300. The van der Waals surface area contributed by atoms with Gasteiger partial charge in [-0.1, -0.05) is 25.5 Å². The summed E-state index contributed by atoms with van der Waals surface area (Å²) in [5.41, 5.74) is 6.78. The van der Waals surface area contributed by atoms with E-state index in [4.69, 9.17) is 5.73 Å². The number of nitrogens with two attached hydrogens (primary N) is 1. The van der Waals surface area contributed by atoms with E-state index in [1.165, 1.54) is 5.57 Å². The quantitative estimate of drug-likeness (QED) is 0.576. The topological polar surface area (TPSA) is 26.0 Å². The number of rotatable bonds is 3. The van der Waals surface area contributed by atoms with Crippen molar-refractivity contribution in [1.29, 1.82) is 0 Å². The predicted molar refractivity (Wildman–Crippen MR) is 42.3 cm³/mol. The normalized spacial score (nSPS) is 12.8. The lowest BCUT2D eigenvalue weighted by Crippen LogP contribution is -1.97. The molecular formula is C8H17N. The second-order valence-corrected chi connectivity index (χ2v) is 2.68. The molecule has 0 bridgehead atoms. The van der Waals surface area contributed by atoms with Crippen LogP contribution in [0.2, 0.25) is 0 Å². The highest BCUT2D eigenvalue weighted by atomic mass is 14.5. The zero-order chi connectivity index (χ0) is 7.28. The summed E-state index contributed by atoms with van der Waals surface area (Å²) in [6.07, 6.45) is 3.23. The third-order valence-corrected chi connectivity index (χ3v) is 1.54. The van der Waals surface area contributed by atoms with Crippen LogP contribution in [-0.4, -0.2) is 6.54 Å². The van der Waals surface area contributed by atoms with Crippen LogP contribution in [0.15, 0.2) is 11.6 Å². The molecule has 0 aromatic carbocycles. The van der Waals surface area contributed by atoms with E-state index in [0.717, 1.165) is 13.0 Å². The molecule has 0 unspecified atom stereocenters. The van der Waals surface area contributed by atoms with Gasteiger partial charge in [0, 0.05) is 0 Å². The summed E-state index contributed by atoms with van der Waals surface area (Å²) < 4.78 is 0. The molecule has 0 aromatic rings. The molecule has 0 aliphatic carbocycles. The highest BCUT2D eigenvalue weighted by Gasteiger charge is 1.92. The third kappa shape index (κ3) is 4.22. The maximum atomic E-state index is 5.33. The first-order valence-corrected chi connectivity index (χ1v) is 3.55. The molecule has 0 aromatic heterocycles. The fourth-order valence-corrected chi connectivity index (χ4v) is 0.547. The van der Waals surface area contributed by atoms with Crippen molar-refractivity contribution in [3.05, 3.63) is 11.6 Å². The van der Waals surface area contributed by atoms with Gasteiger partial charge in [-0.05, 0) is 25.8 Å². The molecule has 0 fully saturated rings. The molecule has 0 aliphatic heterocycles. The Kier molecular flexibility index (Phi) is 4.41. The van der Waals surface area contributed by atoms with Crippen LogP contribution in [0.4, 0.5) is 0 Å². The molecule has 0 amide bonds. The maximum Gasteiger partial charge on any atom is -0.00425 e. The Bertz CT molecular complexity index is 92.7. The summed E-state index contributed by atoms with van der Waals surface area (Å²) in [6.45, 7) is 7.31. The van der Waals surface area contributed by atoms with E-state index in [2.05, 4.69) is 26.8 Å². The van der Waals surface area contributed by atoms with Crippen molar-refractivity contribution in [3.8, 4) is 0 Å². The first-order valence-electron chi connectivity index (χ1n) is 3.55. The first kappa shape index (κ1) is 8.70. The molecule has 54 valence electrons. The van der Waals surface area contributed by atoms with E-state index in [0.29, 0.717) is 5.92 Å². The Balaban J connectivity index is 3.55. The largest absolute Gasteiger partial charge is 0.330 e. The highest BCUT2D eigenvalue weighted by Crippen LogP contribution is 2.07. The molecule has 2 N–H and O–H groups in total. The molecule has 0 radical (unpaired) electrons. The van der Waals surface area contributed by atoms with E-state index in [1.54, 1.807) is 0 Å². The van der Waals surface area contributed by atoms with Crippen molar-refractivity contribution in [2.24, 2.45) is 11.7 Å². The van der Waals surface area contributed by atoms with Gasteiger partial charge in [-0.2, -0.15) is 0 Å². The van der Waals surface area contributed by atoms with Crippen molar-refractivity contribution in [2.75, 3.05) is 6.54 Å². The van der Waals surface area contributed by atoms with Gasteiger partial charge >= 0.3 is 0 Å². The Morgan fingerprint density at radius 1 is 1.56 bits per heavy atom. The molecule has 0 saturated carbocycles. The van der Waals surface area contributed by atoms with Crippen LogP contribution >= 0.6 is 0 Å². The van der Waals surface area contributed by atoms with Crippen LogP contribution in [-0.2, 0) is 0 Å². The zero-order valence-electron chi connectivity index (χ0n) is 6.65. The SMILES string of the molecule is CC(=CCCN)C(C)C. The molecule has 1 heteroatoms. The highest BCUT2D eigenvalue weighted by molar-refractivity contribution is 5.00. The summed E-state index contributed by atoms with van der Waals surface area (Å²) in [5, 5.41) is 0. The van der Waals surface area contributed by atoms with Crippen molar-refractivity contribution in [2.45, 2.75) is 27.2 Å². The van der Waals surface area contributed by atoms with Gasteiger partial charge in [0.05, 0.1) is 0 Å². The minimum Gasteiger partial charge on any atom is -0.330 e. The Morgan fingerprint density at radius 2 is 2.11 bits per heavy atom. The number of hydrogen-bond donors (Lipinski definition) is 1. The molecular weight excluding hydrogens is 110 g/mol. The average molecular weight is 127 g/mol. The van der Waals surface area contributed by atoms with Crippen molar-refractivity contribution in [1.82, 2.24) is 0 Å². The van der Waals surface area contributed by atoms with E-state index in [9.17, 15) is 0 Å². The van der Waals surface area contributed by atoms with Gasteiger partial charge < -0.3 is 5.73 Å². The van der Waals surface area contributed by atoms with Gasteiger partial charge in [0.2, 0.25) is 0 Å². The monoisotopic (exact) mass is 127 g/mol. The van der Waals surface area contributed by atoms with Gasteiger partial charge in [0.1, 0.15) is 0 Å². The van der Waals surface area contributed by atoms with Gasteiger partial charge in [-0.15, -0.1) is 0 Å². The molecule has 1 nitrogen and oxygen atoms in total. The average Bonchev–Trinajstić information content (AvgIpc) is 1.82. The smallest absolute Gasteiger partial charge is 0.00425 e. The molecule has 9 heavy (non-hydrogen) atoms. The van der Waals surface area contributed by atoms with Crippen LogP contribution in [0.3, 0.4) is 0 Å². The summed E-state index contributed by atoms with van der Waals surface area (Å²) in [4.78, 5) is 0. The van der Waals surface area contributed by atoms with Gasteiger partial charge in [0.25, 0.3) is 0 Å². The minimum atomic E-state index is 0.677. The lowest BCUT2D eigenvalue weighted by Gasteiger charge is -2.02. The van der Waals surface area contributed by atoms with Crippen LogP contribution in [0, 0.1) is 5.92 Å². The van der Waals surface area contributed by atoms with Crippen LogP contribution < -0.4 is 5.73 Å². The third-order valence-electron chi connectivity index (χ3n) is 1.54. The molecule has 0 heterocycles. The van der Waals surface area contributed by atoms with Crippen molar-refractivity contribution in [3.63, 3.8) is 0 Å². The van der Waals surface area contributed by atoms with E-state index in [-0.39, 0.29) is 0 Å². The standard InChI is InChI=1S/C8H17N/c1-7(2)8(3)5-4-6-9/h5,7H,4,6,9H2,1-3H3. The Morgan fingerprint density at radius 3 is 2.44 bits per heavy atom. The van der Waals surface area contributed by atoms with Gasteiger partial charge in [0.15, 0.2) is 0 Å². The van der Waals surface area contributed by atoms with E-state index >= 15 is 0 Å². The van der Waals surface area contributed by atoms with Crippen molar-refractivity contribution >= 4 is 0 Å². The molecule has 0 aliphatic rings. The first-order chi connectivity index (χ1) is 4.18. The zero-order valence-corrected chi connectivity index (χ0v) is 6.65. The van der Waals surface area contributed by atoms with Crippen LogP contribution in [0.5, 0.6) is 0 Å². The number of hydrogen-bond acceptors (Lipinski definition) is 1. The van der Waals surface area contributed by atoms with Crippen LogP contribution in [0.25, 0.3) is 0 Å². The lowest BCUT2D eigenvalue weighted by molar-refractivity contribution is 0.760. The predicted octanol–water partition coefficient (Wildman–Crippen LogP) is 1.94. The number of allylic oxidation sites excluding steroid dienone is 1. The summed E-state index contributed by atoms with van der Waals surface area (Å²) in [6, 6.07) is 0. The fraction of sp³-hybridized carbons (Fsp3) is 0.750. The summed E-state index contributed by atoms with van der Waals surface area (Å²) in [5.74, 6) is 0.677. The second kappa shape index (κ2) is 4.57. The fourth-order valence-electron chi connectivity index (χ4n) is 0.547.